The third kappa shape index (κ3) is 4.53. The van der Waals surface area contributed by atoms with Crippen molar-refractivity contribution < 1.29 is 4.39 Å². The molecule has 4 nitrogen and oxygen atoms in total. The van der Waals surface area contributed by atoms with Crippen LogP contribution in [0.1, 0.15) is 5.56 Å². The van der Waals surface area contributed by atoms with Crippen LogP contribution in [-0.4, -0.2) is 14.9 Å². The summed E-state index contributed by atoms with van der Waals surface area (Å²) in [6, 6.07) is 15.4. The van der Waals surface area contributed by atoms with Crippen LogP contribution in [-0.2, 0) is 6.54 Å². The lowest BCUT2D eigenvalue weighted by molar-refractivity contribution is 0.624. The fraction of sp³-hybridized carbons (Fsp3) is 0.0588. The molecule has 1 aromatic heterocycles. The van der Waals surface area contributed by atoms with Gasteiger partial charge in [-0.25, -0.2) is 4.39 Å². The number of hydrogen-bond acceptors (Lipinski definition) is 2. The van der Waals surface area contributed by atoms with Gasteiger partial charge >= 0.3 is 0 Å². The van der Waals surface area contributed by atoms with E-state index in [0.29, 0.717) is 22.5 Å². The normalized spacial score (nSPS) is 10.4. The van der Waals surface area contributed by atoms with Gasteiger partial charge in [-0.15, -0.1) is 0 Å². The van der Waals surface area contributed by atoms with Crippen molar-refractivity contribution in [1.82, 2.24) is 9.78 Å². The Hall–Kier alpha value is -2.44. The smallest absolute Gasteiger partial charge is 0.176 e. The number of hydrogen-bond donors (Lipinski definition) is 2. The highest BCUT2D eigenvalue weighted by Crippen LogP contribution is 2.15. The molecular formula is C17H14ClFN4S. The lowest BCUT2D eigenvalue weighted by Crippen LogP contribution is -2.19. The van der Waals surface area contributed by atoms with Gasteiger partial charge in [0.15, 0.2) is 10.9 Å². The number of benzene rings is 2. The van der Waals surface area contributed by atoms with E-state index in [9.17, 15) is 4.39 Å². The van der Waals surface area contributed by atoms with E-state index >= 15 is 0 Å². The number of aromatic nitrogens is 2. The van der Waals surface area contributed by atoms with Crippen LogP contribution in [0.4, 0.5) is 15.9 Å². The summed E-state index contributed by atoms with van der Waals surface area (Å²) in [6.45, 7) is 0.552. The molecule has 7 heteroatoms. The van der Waals surface area contributed by atoms with Crippen molar-refractivity contribution in [2.24, 2.45) is 0 Å². The van der Waals surface area contributed by atoms with Gasteiger partial charge < -0.3 is 10.6 Å². The van der Waals surface area contributed by atoms with Gasteiger partial charge in [0.25, 0.3) is 0 Å². The van der Waals surface area contributed by atoms with Crippen molar-refractivity contribution in [2.45, 2.75) is 6.54 Å². The first-order valence-corrected chi connectivity index (χ1v) is 7.98. The van der Waals surface area contributed by atoms with Crippen LogP contribution in [0.2, 0.25) is 5.02 Å². The molecule has 0 aliphatic carbocycles. The van der Waals surface area contributed by atoms with E-state index < -0.39 is 0 Å². The summed E-state index contributed by atoms with van der Waals surface area (Å²) >= 11 is 11.2. The van der Waals surface area contributed by atoms with Gasteiger partial charge in [-0.05, 0) is 48.1 Å². The molecular weight excluding hydrogens is 347 g/mol. The van der Waals surface area contributed by atoms with Crippen LogP contribution >= 0.6 is 23.8 Å². The number of nitrogens with zero attached hydrogens (tertiary/aromatic N) is 2. The Morgan fingerprint density at radius 2 is 1.92 bits per heavy atom. The number of thiocarbonyl (C=S) groups is 1. The first kappa shape index (κ1) is 16.4. The summed E-state index contributed by atoms with van der Waals surface area (Å²) < 4.78 is 14.7. The second-order valence-corrected chi connectivity index (χ2v) is 5.96. The highest BCUT2D eigenvalue weighted by atomic mass is 35.5. The zero-order valence-corrected chi connectivity index (χ0v) is 14.1. The highest BCUT2D eigenvalue weighted by Gasteiger charge is 2.04. The Bertz CT molecular complexity index is 848. The van der Waals surface area contributed by atoms with Crippen LogP contribution in [0, 0.1) is 5.82 Å². The lowest BCUT2D eigenvalue weighted by atomic mass is 10.2. The molecule has 122 valence electrons. The molecule has 0 unspecified atom stereocenters. The van der Waals surface area contributed by atoms with Gasteiger partial charge in [-0.2, -0.15) is 5.10 Å². The Labute approximate surface area is 149 Å². The maximum absolute atomic E-state index is 12.9. The zero-order valence-electron chi connectivity index (χ0n) is 12.5. The maximum Gasteiger partial charge on any atom is 0.176 e. The number of nitrogens with one attached hydrogen (secondary N) is 2. The molecule has 2 aromatic carbocycles. The van der Waals surface area contributed by atoms with Gasteiger partial charge in [0.05, 0.1) is 6.54 Å². The quantitative estimate of drug-likeness (QED) is 0.671. The van der Waals surface area contributed by atoms with Crippen molar-refractivity contribution >= 4 is 40.4 Å². The van der Waals surface area contributed by atoms with Gasteiger partial charge in [0.2, 0.25) is 0 Å². The van der Waals surface area contributed by atoms with Crippen molar-refractivity contribution in [1.29, 1.82) is 0 Å². The Morgan fingerprint density at radius 1 is 1.12 bits per heavy atom. The van der Waals surface area contributed by atoms with Crippen LogP contribution in [0.15, 0.2) is 60.8 Å². The van der Waals surface area contributed by atoms with Gasteiger partial charge in [-0.1, -0.05) is 29.8 Å². The van der Waals surface area contributed by atoms with Gasteiger partial charge in [-0.3, -0.25) is 4.68 Å². The minimum atomic E-state index is -0.251. The minimum Gasteiger partial charge on any atom is -0.332 e. The largest absolute Gasteiger partial charge is 0.332 e. The molecule has 24 heavy (non-hydrogen) atoms. The molecule has 0 spiro atoms. The first-order valence-electron chi connectivity index (χ1n) is 7.20. The molecule has 2 N–H and O–H groups in total. The Kier molecular flexibility index (Phi) is 5.08. The summed E-state index contributed by atoms with van der Waals surface area (Å²) in [5, 5.41) is 11.5. The van der Waals surface area contributed by atoms with E-state index in [-0.39, 0.29) is 5.82 Å². The number of halogens is 2. The van der Waals surface area contributed by atoms with Gasteiger partial charge in [0, 0.05) is 23.0 Å². The predicted molar refractivity (Wildman–Crippen MR) is 99.0 cm³/mol. The van der Waals surface area contributed by atoms with Gasteiger partial charge in [0.1, 0.15) is 5.82 Å². The van der Waals surface area contributed by atoms with Crippen LogP contribution in [0.3, 0.4) is 0 Å². The molecule has 0 saturated carbocycles. The topological polar surface area (TPSA) is 41.9 Å². The standard InChI is InChI=1S/C17H14ClFN4S/c18-13-2-1-3-15(10-13)20-17(24)21-16-8-9-23(22-16)11-12-4-6-14(19)7-5-12/h1-10H,11H2,(H2,20,21,22,24). The summed E-state index contributed by atoms with van der Waals surface area (Å²) in [6.07, 6.45) is 1.83. The molecule has 3 aromatic rings. The number of anilines is 2. The van der Waals surface area contributed by atoms with Crippen molar-refractivity contribution in [2.75, 3.05) is 10.6 Å². The maximum atomic E-state index is 12.9. The molecule has 0 atom stereocenters. The molecule has 0 aliphatic rings. The fourth-order valence-electron chi connectivity index (χ4n) is 2.14. The summed E-state index contributed by atoms with van der Waals surface area (Å²) in [7, 11) is 0. The molecule has 0 fully saturated rings. The van der Waals surface area contributed by atoms with E-state index in [1.54, 1.807) is 28.9 Å². The van der Waals surface area contributed by atoms with Crippen molar-refractivity contribution in [3.05, 3.63) is 77.2 Å². The molecule has 0 amide bonds. The summed E-state index contributed by atoms with van der Waals surface area (Å²) in [5.74, 6) is 0.371. The fourth-order valence-corrected chi connectivity index (χ4v) is 2.55. The predicted octanol–water partition coefficient (Wildman–Crippen LogP) is 4.53. The molecule has 3 rings (SSSR count). The molecule has 0 bridgehead atoms. The van der Waals surface area contributed by atoms with Crippen LogP contribution < -0.4 is 10.6 Å². The van der Waals surface area contributed by atoms with Crippen LogP contribution in [0.5, 0.6) is 0 Å². The van der Waals surface area contributed by atoms with Crippen molar-refractivity contribution in [3.63, 3.8) is 0 Å². The summed E-state index contributed by atoms with van der Waals surface area (Å²) in [4.78, 5) is 0. The van der Waals surface area contributed by atoms with E-state index in [1.807, 2.05) is 24.4 Å². The zero-order chi connectivity index (χ0) is 16.9. The van der Waals surface area contributed by atoms with Crippen LogP contribution in [0.25, 0.3) is 0 Å². The third-order valence-electron chi connectivity index (χ3n) is 3.22. The second kappa shape index (κ2) is 7.42. The van der Waals surface area contributed by atoms with E-state index in [4.69, 9.17) is 23.8 Å². The Morgan fingerprint density at radius 3 is 2.67 bits per heavy atom. The number of rotatable bonds is 4. The van der Waals surface area contributed by atoms with E-state index in [0.717, 1.165) is 11.3 Å². The highest BCUT2D eigenvalue weighted by molar-refractivity contribution is 7.80. The SMILES string of the molecule is Fc1ccc(Cn2ccc(NC(=S)Nc3cccc(Cl)c3)n2)cc1. The molecule has 1 heterocycles. The summed E-state index contributed by atoms with van der Waals surface area (Å²) in [5.41, 5.74) is 1.76. The average Bonchev–Trinajstić information content (AvgIpc) is 2.96. The molecule has 0 radical (unpaired) electrons. The minimum absolute atomic E-state index is 0.251. The van der Waals surface area contributed by atoms with E-state index in [2.05, 4.69) is 15.7 Å². The van der Waals surface area contributed by atoms with Crippen molar-refractivity contribution in [3.8, 4) is 0 Å². The first-order chi connectivity index (χ1) is 11.6. The average molecular weight is 361 g/mol. The monoisotopic (exact) mass is 360 g/mol. The third-order valence-corrected chi connectivity index (χ3v) is 3.66. The Balaban J connectivity index is 1.59. The lowest BCUT2D eigenvalue weighted by Gasteiger charge is -2.08. The second-order valence-electron chi connectivity index (χ2n) is 5.11. The van der Waals surface area contributed by atoms with E-state index in [1.165, 1.54) is 12.1 Å². The molecule has 0 saturated heterocycles. The molecule has 0 aliphatic heterocycles.